The minimum atomic E-state index is -0.126. The van der Waals surface area contributed by atoms with Gasteiger partial charge in [-0.25, -0.2) is 0 Å². The quantitative estimate of drug-likeness (QED) is 0.610. The highest BCUT2D eigenvalue weighted by Crippen LogP contribution is 2.46. The Kier molecular flexibility index (Phi) is 5.72. The molecule has 6 nitrogen and oxygen atoms in total. The zero-order chi connectivity index (χ0) is 22.1. The monoisotopic (exact) mass is 430 g/mol. The van der Waals surface area contributed by atoms with Crippen molar-refractivity contribution in [1.29, 1.82) is 0 Å². The highest BCUT2D eigenvalue weighted by molar-refractivity contribution is 5.48. The molecule has 2 atom stereocenters. The molecule has 0 amide bonds. The van der Waals surface area contributed by atoms with Gasteiger partial charge in [-0.2, -0.15) is 4.68 Å². The lowest BCUT2D eigenvalue weighted by atomic mass is 9.71. The Balaban J connectivity index is 1.52. The van der Waals surface area contributed by atoms with E-state index < -0.39 is 0 Å². The Hall–Kier alpha value is -2.73. The fraction of sp³-hybridized carbons (Fsp3) is 0.500. The summed E-state index contributed by atoms with van der Waals surface area (Å²) in [5.74, 6) is 1.53. The van der Waals surface area contributed by atoms with Crippen LogP contribution in [0.4, 0.5) is 5.69 Å². The molecule has 0 bridgehead atoms. The van der Waals surface area contributed by atoms with Crippen LogP contribution in [0.2, 0.25) is 0 Å². The Morgan fingerprint density at radius 1 is 0.875 bits per heavy atom. The molecule has 1 aliphatic heterocycles. The molecule has 2 aromatic carbocycles. The Bertz CT molecular complexity index is 1030. The topological polar surface area (TPSA) is 50.1 Å². The molecular weight excluding hydrogens is 396 g/mol. The zero-order valence-electron chi connectivity index (χ0n) is 19.5. The van der Waals surface area contributed by atoms with E-state index in [-0.39, 0.29) is 5.54 Å². The molecule has 32 heavy (non-hydrogen) atoms. The van der Waals surface area contributed by atoms with Crippen molar-refractivity contribution in [3.8, 4) is 5.69 Å². The molecule has 168 valence electrons. The van der Waals surface area contributed by atoms with Crippen molar-refractivity contribution in [2.24, 2.45) is 5.92 Å². The first-order chi connectivity index (χ1) is 15.6. The number of hydrogen-bond donors (Lipinski definition) is 0. The third-order valence-corrected chi connectivity index (χ3v) is 7.73. The third-order valence-electron chi connectivity index (χ3n) is 7.73. The molecule has 1 saturated carbocycles. The minimum absolute atomic E-state index is 0.126. The summed E-state index contributed by atoms with van der Waals surface area (Å²) in [5, 5.41) is 13.5. The number of para-hydroxylation sites is 2. The van der Waals surface area contributed by atoms with Crippen LogP contribution in [0.3, 0.4) is 0 Å². The highest BCUT2D eigenvalue weighted by atomic mass is 15.6. The standard InChI is InChI=1S/C26H34N6/c1-20-10-9-11-21(2)24(20)32-25(27-28-29-32)26(15-8-7-12-22(26)3)31-18-16-30(17-19-31)23-13-5-4-6-14-23/h4-6,9-11,13-14,22H,7-8,12,15-19H2,1-3H3/t22-,26-/m0/s1. The van der Waals surface area contributed by atoms with Crippen molar-refractivity contribution < 1.29 is 0 Å². The lowest BCUT2D eigenvalue weighted by Gasteiger charge is -2.52. The molecule has 3 aromatic rings. The maximum absolute atomic E-state index is 4.72. The van der Waals surface area contributed by atoms with Crippen molar-refractivity contribution >= 4 is 5.69 Å². The van der Waals surface area contributed by atoms with Crippen LogP contribution in [0.1, 0.15) is 49.6 Å². The maximum atomic E-state index is 4.72. The second-order valence-corrected chi connectivity index (χ2v) is 9.54. The van der Waals surface area contributed by atoms with Gasteiger partial charge in [0.05, 0.1) is 11.2 Å². The number of piperazine rings is 1. The zero-order valence-corrected chi connectivity index (χ0v) is 19.5. The van der Waals surface area contributed by atoms with Gasteiger partial charge in [-0.3, -0.25) is 4.90 Å². The molecule has 1 saturated heterocycles. The van der Waals surface area contributed by atoms with Gasteiger partial charge in [0.25, 0.3) is 0 Å². The van der Waals surface area contributed by atoms with Crippen LogP contribution in [-0.4, -0.2) is 51.3 Å². The number of benzene rings is 2. The molecule has 0 N–H and O–H groups in total. The van der Waals surface area contributed by atoms with E-state index in [1.54, 1.807) is 0 Å². The predicted molar refractivity (Wildman–Crippen MR) is 128 cm³/mol. The van der Waals surface area contributed by atoms with Crippen LogP contribution in [-0.2, 0) is 5.54 Å². The minimum Gasteiger partial charge on any atom is -0.369 e. The van der Waals surface area contributed by atoms with Gasteiger partial charge in [-0.15, -0.1) is 5.10 Å². The summed E-state index contributed by atoms with van der Waals surface area (Å²) < 4.78 is 2.05. The summed E-state index contributed by atoms with van der Waals surface area (Å²) in [6.45, 7) is 10.8. The number of aromatic nitrogens is 4. The van der Waals surface area contributed by atoms with Gasteiger partial charge in [-0.1, -0.05) is 56.2 Å². The van der Waals surface area contributed by atoms with E-state index in [4.69, 9.17) is 5.10 Å². The molecule has 2 heterocycles. The van der Waals surface area contributed by atoms with Gasteiger partial charge in [-0.05, 0) is 66.3 Å². The molecule has 2 fully saturated rings. The summed E-state index contributed by atoms with van der Waals surface area (Å²) in [6.07, 6.45) is 4.85. The molecule has 0 spiro atoms. The SMILES string of the molecule is Cc1cccc(C)c1-n1nnnc1[C@]1(N2CCN(c3ccccc3)CC2)CCCC[C@@H]1C. The Morgan fingerprint density at radius 2 is 1.59 bits per heavy atom. The molecule has 0 radical (unpaired) electrons. The van der Waals surface area contributed by atoms with E-state index in [0.717, 1.165) is 44.1 Å². The van der Waals surface area contributed by atoms with Crippen molar-refractivity contribution in [2.45, 2.75) is 52.0 Å². The second-order valence-electron chi connectivity index (χ2n) is 9.54. The van der Waals surface area contributed by atoms with Crippen LogP contribution in [0, 0.1) is 19.8 Å². The summed E-state index contributed by atoms with van der Waals surface area (Å²) in [5.41, 5.74) is 4.75. The molecule has 0 unspecified atom stereocenters. The van der Waals surface area contributed by atoms with E-state index in [0.29, 0.717) is 5.92 Å². The fourth-order valence-corrected chi connectivity index (χ4v) is 6.02. The van der Waals surface area contributed by atoms with Crippen molar-refractivity contribution in [3.63, 3.8) is 0 Å². The second kappa shape index (κ2) is 8.66. The normalized spacial score (nSPS) is 24.6. The smallest absolute Gasteiger partial charge is 0.177 e. The number of nitrogens with zero attached hydrogens (tertiary/aromatic N) is 6. The summed E-state index contributed by atoms with van der Waals surface area (Å²) in [4.78, 5) is 5.21. The summed E-state index contributed by atoms with van der Waals surface area (Å²) >= 11 is 0. The van der Waals surface area contributed by atoms with Crippen LogP contribution >= 0.6 is 0 Å². The lowest BCUT2D eigenvalue weighted by Crippen LogP contribution is -2.60. The third kappa shape index (κ3) is 3.51. The predicted octanol–water partition coefficient (Wildman–Crippen LogP) is 4.51. The van der Waals surface area contributed by atoms with Gasteiger partial charge in [0, 0.05) is 31.9 Å². The maximum Gasteiger partial charge on any atom is 0.177 e. The summed E-state index contributed by atoms with van der Waals surface area (Å²) in [7, 11) is 0. The van der Waals surface area contributed by atoms with Crippen molar-refractivity contribution in [1.82, 2.24) is 25.1 Å². The van der Waals surface area contributed by atoms with Crippen LogP contribution < -0.4 is 4.90 Å². The Labute approximate surface area is 191 Å². The molecule has 2 aliphatic rings. The van der Waals surface area contributed by atoms with Gasteiger partial charge >= 0.3 is 0 Å². The van der Waals surface area contributed by atoms with Crippen molar-refractivity contribution in [3.05, 3.63) is 65.5 Å². The van der Waals surface area contributed by atoms with Gasteiger partial charge in [0.1, 0.15) is 0 Å². The molecule has 1 aliphatic carbocycles. The number of rotatable bonds is 4. The van der Waals surface area contributed by atoms with Crippen LogP contribution in [0.25, 0.3) is 5.69 Å². The molecule has 1 aromatic heterocycles. The van der Waals surface area contributed by atoms with Gasteiger partial charge in [0.15, 0.2) is 5.82 Å². The van der Waals surface area contributed by atoms with Gasteiger partial charge < -0.3 is 4.90 Å². The van der Waals surface area contributed by atoms with Crippen molar-refractivity contribution in [2.75, 3.05) is 31.1 Å². The first kappa shape index (κ1) is 21.1. The highest BCUT2D eigenvalue weighted by Gasteiger charge is 2.49. The van der Waals surface area contributed by atoms with E-state index in [1.807, 2.05) is 0 Å². The molecule has 6 heteroatoms. The first-order valence-electron chi connectivity index (χ1n) is 12.0. The number of aryl methyl sites for hydroxylation is 2. The average molecular weight is 431 g/mol. The summed E-state index contributed by atoms with van der Waals surface area (Å²) in [6, 6.07) is 17.2. The number of tetrazole rings is 1. The molecule has 5 rings (SSSR count). The fourth-order valence-electron chi connectivity index (χ4n) is 6.02. The van der Waals surface area contributed by atoms with E-state index in [2.05, 4.69) is 94.2 Å². The van der Waals surface area contributed by atoms with E-state index in [1.165, 1.54) is 36.1 Å². The largest absolute Gasteiger partial charge is 0.369 e. The lowest BCUT2D eigenvalue weighted by molar-refractivity contribution is -0.0110. The average Bonchev–Trinajstić information content (AvgIpc) is 3.30. The number of hydrogen-bond acceptors (Lipinski definition) is 5. The molecular formula is C26H34N6. The van der Waals surface area contributed by atoms with Crippen LogP contribution in [0.15, 0.2) is 48.5 Å². The van der Waals surface area contributed by atoms with Gasteiger partial charge in [0.2, 0.25) is 0 Å². The van der Waals surface area contributed by atoms with E-state index in [9.17, 15) is 0 Å². The number of anilines is 1. The first-order valence-corrected chi connectivity index (χ1v) is 12.0. The van der Waals surface area contributed by atoms with Crippen LogP contribution in [0.5, 0.6) is 0 Å². The Morgan fingerprint density at radius 3 is 2.28 bits per heavy atom. The van der Waals surface area contributed by atoms with E-state index >= 15 is 0 Å².